The second-order valence-corrected chi connectivity index (χ2v) is 7.91. The van der Waals surface area contributed by atoms with Crippen molar-refractivity contribution in [3.63, 3.8) is 0 Å². The first kappa shape index (κ1) is 18.1. The van der Waals surface area contributed by atoms with E-state index < -0.39 is 7.12 Å². The van der Waals surface area contributed by atoms with Crippen LogP contribution < -0.4 is 10.4 Å². The van der Waals surface area contributed by atoms with Gasteiger partial charge < -0.3 is 19.1 Å². The summed E-state index contributed by atoms with van der Waals surface area (Å²) in [6.07, 6.45) is 3.54. The van der Waals surface area contributed by atoms with Gasteiger partial charge in [0.2, 0.25) is 11.9 Å². The molecule has 7 nitrogen and oxygen atoms in total. The first-order valence-corrected chi connectivity index (χ1v) is 8.80. The summed E-state index contributed by atoms with van der Waals surface area (Å²) >= 11 is 0. The maximum Gasteiger partial charge on any atom is 0.498 e. The van der Waals surface area contributed by atoms with E-state index in [2.05, 4.69) is 21.8 Å². The molecule has 1 aromatic heterocycles. The predicted octanol–water partition coefficient (Wildman–Crippen LogP) is 0.833. The van der Waals surface area contributed by atoms with Crippen LogP contribution >= 0.6 is 0 Å². The molecule has 0 aliphatic carbocycles. The molecule has 1 atom stereocenters. The molecule has 0 aromatic carbocycles. The third-order valence-corrected chi connectivity index (χ3v) is 5.51. The summed E-state index contributed by atoms with van der Waals surface area (Å²) < 4.78 is 12.1. The summed E-state index contributed by atoms with van der Waals surface area (Å²) in [5, 5.41) is 0. The van der Waals surface area contributed by atoms with Gasteiger partial charge in [0.1, 0.15) is 0 Å². The molecule has 1 aromatic rings. The van der Waals surface area contributed by atoms with Crippen LogP contribution in [-0.2, 0) is 14.1 Å². The van der Waals surface area contributed by atoms with Crippen molar-refractivity contribution in [1.82, 2.24) is 14.9 Å². The average Bonchev–Trinajstić information content (AvgIpc) is 2.75. The maximum atomic E-state index is 11.5. The molecule has 2 aliphatic rings. The van der Waals surface area contributed by atoms with Gasteiger partial charge in [-0.3, -0.25) is 4.79 Å². The van der Waals surface area contributed by atoms with Crippen LogP contribution in [-0.4, -0.2) is 64.8 Å². The zero-order chi connectivity index (χ0) is 18.4. The van der Waals surface area contributed by atoms with Gasteiger partial charge in [0, 0.05) is 50.5 Å². The Morgan fingerprint density at radius 2 is 1.72 bits per heavy atom. The minimum Gasteiger partial charge on any atom is -0.399 e. The molecule has 1 amide bonds. The van der Waals surface area contributed by atoms with Crippen LogP contribution in [0.15, 0.2) is 12.4 Å². The van der Waals surface area contributed by atoms with Crippen molar-refractivity contribution in [3.05, 3.63) is 12.4 Å². The molecule has 3 heterocycles. The lowest BCUT2D eigenvalue weighted by molar-refractivity contribution is -0.129. The number of piperazine rings is 1. The van der Waals surface area contributed by atoms with Gasteiger partial charge in [-0.2, -0.15) is 0 Å². The molecular formula is C17H27BN4O3. The van der Waals surface area contributed by atoms with Crippen molar-refractivity contribution in [2.45, 2.75) is 58.8 Å². The zero-order valence-corrected chi connectivity index (χ0v) is 15.9. The van der Waals surface area contributed by atoms with Gasteiger partial charge in [0.25, 0.3) is 0 Å². The maximum absolute atomic E-state index is 11.5. The molecule has 0 bridgehead atoms. The number of hydrogen-bond donors (Lipinski definition) is 0. The van der Waals surface area contributed by atoms with E-state index in [1.54, 1.807) is 19.3 Å². The lowest BCUT2D eigenvalue weighted by atomic mass is 9.81. The Balaban J connectivity index is 1.70. The Hall–Kier alpha value is -1.67. The fourth-order valence-electron chi connectivity index (χ4n) is 3.12. The summed E-state index contributed by atoms with van der Waals surface area (Å²) in [4.78, 5) is 24.6. The minimum atomic E-state index is -0.453. The largest absolute Gasteiger partial charge is 0.498 e. The SMILES string of the molecule is CC(=O)N1CCN(c2ncc(B3OC(C)(C)C(C)(C)O3)cn2)[C@@H](C)C1. The van der Waals surface area contributed by atoms with Crippen molar-refractivity contribution in [2.75, 3.05) is 24.5 Å². The summed E-state index contributed by atoms with van der Waals surface area (Å²) in [6.45, 7) is 13.9. The van der Waals surface area contributed by atoms with Crippen LogP contribution in [0.1, 0.15) is 41.5 Å². The lowest BCUT2D eigenvalue weighted by Gasteiger charge is -2.39. The lowest BCUT2D eigenvalue weighted by Crippen LogP contribution is -2.54. The Bertz CT molecular complexity index is 634. The fourth-order valence-corrected chi connectivity index (χ4v) is 3.12. The Morgan fingerprint density at radius 3 is 2.20 bits per heavy atom. The van der Waals surface area contributed by atoms with Crippen LogP contribution in [0.5, 0.6) is 0 Å². The summed E-state index contributed by atoms with van der Waals surface area (Å²) in [6, 6.07) is 0.181. The summed E-state index contributed by atoms with van der Waals surface area (Å²) in [5.41, 5.74) is 0.0549. The molecule has 8 heteroatoms. The average molecular weight is 346 g/mol. The molecule has 2 saturated heterocycles. The van der Waals surface area contributed by atoms with Gasteiger partial charge in [-0.1, -0.05) is 0 Å². The normalized spacial score (nSPS) is 25.4. The number of carbonyl (C=O) groups excluding carboxylic acids is 1. The molecule has 0 spiro atoms. The van der Waals surface area contributed by atoms with Crippen LogP contribution in [0, 0.1) is 0 Å². The van der Waals surface area contributed by atoms with Gasteiger partial charge in [-0.15, -0.1) is 0 Å². The Labute approximate surface area is 149 Å². The van der Waals surface area contributed by atoms with Crippen LogP contribution in [0.4, 0.5) is 5.95 Å². The van der Waals surface area contributed by atoms with Gasteiger partial charge in [-0.25, -0.2) is 9.97 Å². The van der Waals surface area contributed by atoms with Crippen molar-refractivity contribution in [1.29, 1.82) is 0 Å². The first-order valence-electron chi connectivity index (χ1n) is 8.80. The highest BCUT2D eigenvalue weighted by atomic mass is 16.7. The summed E-state index contributed by atoms with van der Waals surface area (Å²) in [7, 11) is -0.453. The Morgan fingerprint density at radius 1 is 1.16 bits per heavy atom. The minimum absolute atomic E-state index is 0.114. The highest BCUT2D eigenvalue weighted by Crippen LogP contribution is 2.36. The number of carbonyl (C=O) groups is 1. The molecule has 0 radical (unpaired) electrons. The number of amides is 1. The molecule has 0 N–H and O–H groups in total. The third kappa shape index (κ3) is 3.37. The monoisotopic (exact) mass is 346 g/mol. The van der Waals surface area contributed by atoms with Crippen molar-refractivity contribution in [3.8, 4) is 0 Å². The molecule has 2 fully saturated rings. The van der Waals surface area contributed by atoms with Crippen molar-refractivity contribution < 1.29 is 14.1 Å². The Kier molecular flexibility index (Phi) is 4.53. The predicted molar refractivity (Wildman–Crippen MR) is 96.8 cm³/mol. The van der Waals surface area contributed by atoms with E-state index in [1.165, 1.54) is 0 Å². The van der Waals surface area contributed by atoms with E-state index in [4.69, 9.17) is 9.31 Å². The van der Waals surface area contributed by atoms with E-state index in [0.29, 0.717) is 19.0 Å². The van der Waals surface area contributed by atoms with Gasteiger partial charge in [-0.05, 0) is 34.6 Å². The molecule has 0 unspecified atom stereocenters. The molecule has 25 heavy (non-hydrogen) atoms. The van der Waals surface area contributed by atoms with E-state index in [-0.39, 0.29) is 23.2 Å². The fraction of sp³-hybridized carbons (Fsp3) is 0.706. The standard InChI is InChI=1S/C17H27BN4O3/c1-12-11-21(13(2)23)7-8-22(12)15-19-9-14(10-20-15)18-24-16(3,4)17(5,6)25-18/h9-10,12H,7-8,11H2,1-6H3/t12-/m0/s1. The molecular weight excluding hydrogens is 319 g/mol. The van der Waals surface area contributed by atoms with Crippen LogP contribution in [0.2, 0.25) is 0 Å². The number of aromatic nitrogens is 2. The van der Waals surface area contributed by atoms with E-state index >= 15 is 0 Å². The van der Waals surface area contributed by atoms with Crippen LogP contribution in [0.3, 0.4) is 0 Å². The van der Waals surface area contributed by atoms with E-state index in [9.17, 15) is 4.79 Å². The summed E-state index contributed by atoms with van der Waals surface area (Å²) in [5.74, 6) is 0.791. The molecule has 3 rings (SSSR count). The number of nitrogens with zero attached hydrogens (tertiary/aromatic N) is 4. The van der Waals surface area contributed by atoms with Gasteiger partial charge in [0.15, 0.2) is 0 Å². The molecule has 2 aliphatic heterocycles. The van der Waals surface area contributed by atoms with Crippen LogP contribution in [0.25, 0.3) is 0 Å². The van der Waals surface area contributed by atoms with Crippen molar-refractivity contribution >= 4 is 24.4 Å². The second-order valence-electron chi connectivity index (χ2n) is 7.91. The van der Waals surface area contributed by atoms with Crippen molar-refractivity contribution in [2.24, 2.45) is 0 Å². The quantitative estimate of drug-likeness (QED) is 0.739. The highest BCUT2D eigenvalue weighted by Gasteiger charge is 2.52. The molecule has 136 valence electrons. The first-order chi connectivity index (χ1) is 11.6. The van der Waals surface area contributed by atoms with Gasteiger partial charge >= 0.3 is 7.12 Å². The number of rotatable bonds is 2. The van der Waals surface area contributed by atoms with Gasteiger partial charge in [0.05, 0.1) is 11.2 Å². The topological polar surface area (TPSA) is 67.8 Å². The van der Waals surface area contributed by atoms with E-state index in [0.717, 1.165) is 12.0 Å². The second kappa shape index (κ2) is 6.25. The molecule has 0 saturated carbocycles. The smallest absolute Gasteiger partial charge is 0.399 e. The number of anilines is 1. The van der Waals surface area contributed by atoms with E-state index in [1.807, 2.05) is 32.6 Å². The third-order valence-electron chi connectivity index (χ3n) is 5.51. The zero-order valence-electron chi connectivity index (χ0n) is 15.9. The number of hydrogen-bond acceptors (Lipinski definition) is 6. The highest BCUT2D eigenvalue weighted by molar-refractivity contribution is 6.61.